The Morgan fingerprint density at radius 2 is 1.83 bits per heavy atom. The van der Waals surface area contributed by atoms with Crippen LogP contribution in [-0.4, -0.2) is 40.0 Å². The number of aliphatic hydroxyl groups is 1. The lowest BCUT2D eigenvalue weighted by Crippen LogP contribution is -2.31. The zero-order valence-electron chi connectivity index (χ0n) is 11.6. The second kappa shape index (κ2) is 7.71. The number of hydrogen-bond donors (Lipinski definition) is 2. The molecule has 0 aliphatic rings. The molecule has 102 valence electrons. The van der Waals surface area contributed by atoms with Crippen molar-refractivity contribution in [2.45, 2.75) is 39.0 Å². The van der Waals surface area contributed by atoms with Crippen molar-refractivity contribution in [1.29, 1.82) is 0 Å². The molecular weight excluding hydrogens is 246 g/mol. The smallest absolute Gasteiger partial charge is 0.188 e. The Labute approximate surface area is 114 Å². The van der Waals surface area contributed by atoms with Gasteiger partial charge in [-0.3, -0.25) is 0 Å². The summed E-state index contributed by atoms with van der Waals surface area (Å²) in [5.41, 5.74) is 1.94. The van der Waals surface area contributed by atoms with Crippen molar-refractivity contribution in [3.8, 4) is 0 Å². The maximum absolute atomic E-state index is 9.82. The molecule has 1 atom stereocenters. The lowest BCUT2D eigenvalue weighted by molar-refractivity contribution is 0.194. The van der Waals surface area contributed by atoms with Crippen molar-refractivity contribution in [2.24, 2.45) is 5.92 Å². The zero-order chi connectivity index (χ0) is 13.5. The summed E-state index contributed by atoms with van der Waals surface area (Å²) < 4.78 is 0. The molecule has 0 spiro atoms. The third-order valence-electron chi connectivity index (χ3n) is 2.30. The lowest BCUT2D eigenvalue weighted by atomic mass is 10.2. The highest BCUT2D eigenvalue weighted by molar-refractivity contribution is 7.99. The van der Waals surface area contributed by atoms with Gasteiger partial charge in [-0.1, -0.05) is 25.6 Å². The van der Waals surface area contributed by atoms with Crippen LogP contribution in [0.1, 0.15) is 25.2 Å². The van der Waals surface area contributed by atoms with Gasteiger partial charge < -0.3 is 10.4 Å². The van der Waals surface area contributed by atoms with E-state index in [9.17, 15) is 5.11 Å². The van der Waals surface area contributed by atoms with E-state index in [0.717, 1.165) is 23.1 Å². The molecule has 0 amide bonds. The molecule has 0 fully saturated rings. The summed E-state index contributed by atoms with van der Waals surface area (Å²) in [6.45, 7) is 9.77. The summed E-state index contributed by atoms with van der Waals surface area (Å²) in [6.07, 6.45) is -0.363. The number of aryl methyl sites for hydroxylation is 2. The van der Waals surface area contributed by atoms with Crippen LogP contribution in [0.4, 0.5) is 0 Å². The first-order valence-corrected chi connectivity index (χ1v) is 7.29. The molecule has 18 heavy (non-hydrogen) atoms. The van der Waals surface area contributed by atoms with Crippen molar-refractivity contribution >= 4 is 11.8 Å². The molecule has 0 bridgehead atoms. The van der Waals surface area contributed by atoms with Crippen LogP contribution >= 0.6 is 11.8 Å². The number of thioether (sulfide) groups is 1. The van der Waals surface area contributed by atoms with Crippen LogP contribution in [0, 0.1) is 19.8 Å². The van der Waals surface area contributed by atoms with E-state index >= 15 is 0 Å². The number of nitrogens with one attached hydrogen (secondary N) is 1. The van der Waals surface area contributed by atoms with E-state index < -0.39 is 0 Å². The van der Waals surface area contributed by atoms with E-state index in [0.29, 0.717) is 18.2 Å². The fourth-order valence-electron chi connectivity index (χ4n) is 1.53. The molecule has 0 saturated heterocycles. The Kier molecular flexibility index (Phi) is 6.60. The van der Waals surface area contributed by atoms with Crippen LogP contribution < -0.4 is 5.32 Å². The molecule has 1 aromatic heterocycles. The van der Waals surface area contributed by atoms with Crippen molar-refractivity contribution in [3.05, 3.63) is 17.5 Å². The third kappa shape index (κ3) is 6.33. The standard InChI is InChI=1S/C13H23N3OS/c1-9(2)6-14-7-12(17)8-18-13-15-10(3)5-11(4)16-13/h5,9,12,14,17H,6-8H2,1-4H3. The van der Waals surface area contributed by atoms with E-state index in [-0.39, 0.29) is 6.10 Å². The van der Waals surface area contributed by atoms with Crippen LogP contribution in [-0.2, 0) is 0 Å². The topological polar surface area (TPSA) is 58.0 Å². The molecule has 1 unspecified atom stereocenters. The van der Waals surface area contributed by atoms with Crippen LogP contribution in [0.3, 0.4) is 0 Å². The van der Waals surface area contributed by atoms with Gasteiger partial charge in [0.05, 0.1) is 6.10 Å². The fourth-order valence-corrected chi connectivity index (χ4v) is 2.40. The number of aliphatic hydroxyl groups excluding tert-OH is 1. The molecule has 0 aliphatic heterocycles. The third-order valence-corrected chi connectivity index (χ3v) is 3.29. The van der Waals surface area contributed by atoms with Crippen LogP contribution in [0.2, 0.25) is 0 Å². The molecular formula is C13H23N3OS. The van der Waals surface area contributed by atoms with Crippen molar-refractivity contribution in [3.63, 3.8) is 0 Å². The largest absolute Gasteiger partial charge is 0.391 e. The minimum Gasteiger partial charge on any atom is -0.391 e. The quantitative estimate of drug-likeness (QED) is 0.584. The van der Waals surface area contributed by atoms with E-state index in [1.807, 2.05) is 19.9 Å². The van der Waals surface area contributed by atoms with Gasteiger partial charge in [0, 0.05) is 23.7 Å². The molecule has 4 nitrogen and oxygen atoms in total. The highest BCUT2D eigenvalue weighted by atomic mass is 32.2. The van der Waals surface area contributed by atoms with Crippen LogP contribution in [0.15, 0.2) is 11.2 Å². The first-order valence-electron chi connectivity index (χ1n) is 6.31. The Morgan fingerprint density at radius 3 is 2.39 bits per heavy atom. The maximum Gasteiger partial charge on any atom is 0.188 e. The lowest BCUT2D eigenvalue weighted by Gasteiger charge is -2.12. The fraction of sp³-hybridized carbons (Fsp3) is 0.692. The maximum atomic E-state index is 9.82. The highest BCUT2D eigenvalue weighted by Crippen LogP contribution is 2.14. The van der Waals surface area contributed by atoms with E-state index in [1.54, 1.807) is 0 Å². The molecule has 0 aliphatic carbocycles. The monoisotopic (exact) mass is 269 g/mol. The molecule has 0 saturated carbocycles. The second-order valence-electron chi connectivity index (χ2n) is 4.95. The van der Waals surface area contributed by atoms with Gasteiger partial charge in [0.15, 0.2) is 5.16 Å². The first kappa shape index (κ1) is 15.4. The van der Waals surface area contributed by atoms with Gasteiger partial charge in [-0.25, -0.2) is 9.97 Å². The summed E-state index contributed by atoms with van der Waals surface area (Å²) in [7, 11) is 0. The molecule has 1 heterocycles. The van der Waals surface area contributed by atoms with Gasteiger partial charge in [-0.15, -0.1) is 0 Å². The van der Waals surface area contributed by atoms with Crippen molar-refractivity contribution in [2.75, 3.05) is 18.8 Å². The predicted molar refractivity (Wildman–Crippen MR) is 75.9 cm³/mol. The van der Waals surface area contributed by atoms with Gasteiger partial charge in [0.1, 0.15) is 0 Å². The number of hydrogen-bond acceptors (Lipinski definition) is 5. The first-order chi connectivity index (χ1) is 8.47. The SMILES string of the molecule is Cc1cc(C)nc(SCC(O)CNCC(C)C)n1. The average molecular weight is 269 g/mol. The van der Waals surface area contributed by atoms with Gasteiger partial charge in [-0.05, 0) is 32.4 Å². The van der Waals surface area contributed by atoms with E-state index in [1.165, 1.54) is 11.8 Å². The van der Waals surface area contributed by atoms with Crippen molar-refractivity contribution in [1.82, 2.24) is 15.3 Å². The highest BCUT2D eigenvalue weighted by Gasteiger charge is 2.07. The average Bonchev–Trinajstić information content (AvgIpc) is 2.24. The van der Waals surface area contributed by atoms with Gasteiger partial charge >= 0.3 is 0 Å². The summed E-state index contributed by atoms with van der Waals surface area (Å²) in [6, 6.07) is 1.95. The Morgan fingerprint density at radius 1 is 1.22 bits per heavy atom. The second-order valence-corrected chi connectivity index (χ2v) is 5.94. The normalized spacial score (nSPS) is 13.0. The molecule has 5 heteroatoms. The van der Waals surface area contributed by atoms with Crippen molar-refractivity contribution < 1.29 is 5.11 Å². The zero-order valence-corrected chi connectivity index (χ0v) is 12.4. The number of rotatable bonds is 7. The van der Waals surface area contributed by atoms with Gasteiger partial charge in [-0.2, -0.15) is 0 Å². The molecule has 2 N–H and O–H groups in total. The Hall–Kier alpha value is -0.650. The molecule has 0 aromatic carbocycles. The summed E-state index contributed by atoms with van der Waals surface area (Å²) in [5.74, 6) is 1.22. The van der Waals surface area contributed by atoms with Crippen LogP contribution in [0.25, 0.3) is 0 Å². The predicted octanol–water partition coefficient (Wildman–Crippen LogP) is 1.79. The van der Waals surface area contributed by atoms with E-state index in [2.05, 4.69) is 29.1 Å². The Bertz CT molecular complexity index is 351. The minimum atomic E-state index is -0.363. The summed E-state index contributed by atoms with van der Waals surface area (Å²) in [5, 5.41) is 13.8. The van der Waals surface area contributed by atoms with E-state index in [4.69, 9.17) is 0 Å². The number of aromatic nitrogens is 2. The van der Waals surface area contributed by atoms with Gasteiger partial charge in [0.25, 0.3) is 0 Å². The molecule has 1 aromatic rings. The van der Waals surface area contributed by atoms with Gasteiger partial charge in [0.2, 0.25) is 0 Å². The minimum absolute atomic E-state index is 0.363. The Balaban J connectivity index is 2.31. The summed E-state index contributed by atoms with van der Waals surface area (Å²) >= 11 is 1.50. The summed E-state index contributed by atoms with van der Waals surface area (Å²) in [4.78, 5) is 8.67. The van der Waals surface area contributed by atoms with Crippen LogP contribution in [0.5, 0.6) is 0 Å². The molecule has 1 rings (SSSR count). The molecule has 0 radical (unpaired) electrons. The number of nitrogens with zero attached hydrogens (tertiary/aromatic N) is 2.